The van der Waals surface area contributed by atoms with E-state index in [1.165, 1.54) is 44.5 Å². The first-order chi connectivity index (χ1) is 9.81. The van der Waals surface area contributed by atoms with Crippen LogP contribution in [0.1, 0.15) is 32.6 Å². The maximum Gasteiger partial charge on any atom is 0.0690 e. The van der Waals surface area contributed by atoms with Crippen molar-refractivity contribution in [3.8, 4) is 0 Å². The highest BCUT2D eigenvalue weighted by Gasteiger charge is 2.50. The summed E-state index contributed by atoms with van der Waals surface area (Å²) in [6.45, 7) is 6.53. The molecule has 2 saturated heterocycles. The van der Waals surface area contributed by atoms with E-state index < -0.39 is 0 Å². The van der Waals surface area contributed by atoms with Crippen molar-refractivity contribution >= 4 is 5.69 Å². The van der Waals surface area contributed by atoms with Gasteiger partial charge in [0.1, 0.15) is 0 Å². The molecule has 2 atom stereocenters. The fraction of sp³-hybridized carbons (Fsp3) is 0.647. The molecule has 2 unspecified atom stereocenters. The predicted molar refractivity (Wildman–Crippen MR) is 85.1 cm³/mol. The van der Waals surface area contributed by atoms with E-state index in [-0.39, 0.29) is 5.54 Å². The van der Waals surface area contributed by atoms with Gasteiger partial charge in [0.05, 0.1) is 5.54 Å². The molecular formula is C17H27N3. The smallest absolute Gasteiger partial charge is 0.0690 e. The van der Waals surface area contributed by atoms with Gasteiger partial charge >= 0.3 is 0 Å². The SMILES string of the molecule is CCN(c1ccccc1)C1(CN)CCN2CCCCC21. The molecule has 0 saturated carbocycles. The minimum atomic E-state index is 0.135. The summed E-state index contributed by atoms with van der Waals surface area (Å²) in [6, 6.07) is 11.5. The zero-order valence-corrected chi connectivity index (χ0v) is 12.6. The van der Waals surface area contributed by atoms with Crippen LogP contribution in [-0.4, -0.2) is 42.7 Å². The van der Waals surface area contributed by atoms with Gasteiger partial charge < -0.3 is 10.6 Å². The van der Waals surface area contributed by atoms with E-state index in [1.54, 1.807) is 0 Å². The van der Waals surface area contributed by atoms with Gasteiger partial charge in [0.25, 0.3) is 0 Å². The van der Waals surface area contributed by atoms with Crippen molar-refractivity contribution < 1.29 is 0 Å². The first-order valence-electron chi connectivity index (χ1n) is 8.08. The molecule has 20 heavy (non-hydrogen) atoms. The lowest BCUT2D eigenvalue weighted by molar-refractivity contribution is 0.155. The average molecular weight is 273 g/mol. The Morgan fingerprint density at radius 2 is 2.05 bits per heavy atom. The van der Waals surface area contributed by atoms with E-state index in [1.807, 2.05) is 0 Å². The minimum absolute atomic E-state index is 0.135. The van der Waals surface area contributed by atoms with Crippen LogP contribution in [0.4, 0.5) is 5.69 Å². The molecule has 1 aromatic carbocycles. The van der Waals surface area contributed by atoms with Crippen LogP contribution in [0, 0.1) is 0 Å². The molecule has 0 radical (unpaired) electrons. The fourth-order valence-electron chi connectivity index (χ4n) is 4.40. The second-order valence-electron chi connectivity index (χ2n) is 6.19. The summed E-state index contributed by atoms with van der Waals surface area (Å²) in [5.74, 6) is 0. The Labute approximate surface area is 122 Å². The highest BCUT2D eigenvalue weighted by atomic mass is 15.3. The lowest BCUT2D eigenvalue weighted by Crippen LogP contribution is -2.62. The van der Waals surface area contributed by atoms with Crippen LogP contribution < -0.4 is 10.6 Å². The fourth-order valence-corrected chi connectivity index (χ4v) is 4.40. The first-order valence-corrected chi connectivity index (χ1v) is 8.08. The Morgan fingerprint density at radius 3 is 2.75 bits per heavy atom. The van der Waals surface area contributed by atoms with Crippen LogP contribution in [0.2, 0.25) is 0 Å². The van der Waals surface area contributed by atoms with Gasteiger partial charge in [-0.2, -0.15) is 0 Å². The number of piperidine rings is 1. The molecule has 0 spiro atoms. The molecule has 1 aromatic rings. The summed E-state index contributed by atoms with van der Waals surface area (Å²) in [6.07, 6.45) is 5.22. The molecule has 3 rings (SSSR count). The number of rotatable bonds is 4. The quantitative estimate of drug-likeness (QED) is 0.914. The summed E-state index contributed by atoms with van der Waals surface area (Å²) in [5, 5.41) is 0. The topological polar surface area (TPSA) is 32.5 Å². The maximum absolute atomic E-state index is 6.32. The molecule has 2 aliphatic heterocycles. The molecule has 3 nitrogen and oxygen atoms in total. The van der Waals surface area contributed by atoms with Crippen molar-refractivity contribution in [1.82, 2.24) is 4.90 Å². The van der Waals surface area contributed by atoms with Gasteiger partial charge in [0.2, 0.25) is 0 Å². The summed E-state index contributed by atoms with van der Waals surface area (Å²) >= 11 is 0. The van der Waals surface area contributed by atoms with Gasteiger partial charge in [-0.1, -0.05) is 24.6 Å². The standard InChI is InChI=1S/C17H27N3/c1-2-20(15-8-4-3-5-9-15)17(14-18)11-13-19-12-7-6-10-16(17)19/h3-5,8-9,16H,2,6-7,10-14,18H2,1H3. The molecule has 0 bridgehead atoms. The lowest BCUT2D eigenvalue weighted by atomic mass is 9.83. The van der Waals surface area contributed by atoms with Gasteiger partial charge in [-0.25, -0.2) is 0 Å². The van der Waals surface area contributed by atoms with Crippen LogP contribution in [0.15, 0.2) is 30.3 Å². The van der Waals surface area contributed by atoms with Crippen molar-refractivity contribution in [3.63, 3.8) is 0 Å². The Hall–Kier alpha value is -1.06. The summed E-state index contributed by atoms with van der Waals surface area (Å²) < 4.78 is 0. The number of benzene rings is 1. The van der Waals surface area contributed by atoms with E-state index in [0.717, 1.165) is 13.1 Å². The Kier molecular flexibility index (Phi) is 3.99. The van der Waals surface area contributed by atoms with E-state index >= 15 is 0 Å². The monoisotopic (exact) mass is 273 g/mol. The maximum atomic E-state index is 6.32. The number of para-hydroxylation sites is 1. The summed E-state index contributed by atoms with van der Waals surface area (Å²) in [5.41, 5.74) is 7.78. The largest absolute Gasteiger partial charge is 0.363 e. The molecule has 110 valence electrons. The van der Waals surface area contributed by atoms with Crippen molar-refractivity contribution in [3.05, 3.63) is 30.3 Å². The first kappa shape index (κ1) is 13.9. The Morgan fingerprint density at radius 1 is 1.25 bits per heavy atom. The summed E-state index contributed by atoms with van der Waals surface area (Å²) in [7, 11) is 0. The number of hydrogen-bond acceptors (Lipinski definition) is 3. The van der Waals surface area contributed by atoms with Crippen molar-refractivity contribution in [2.45, 2.75) is 44.2 Å². The zero-order chi connectivity index (χ0) is 14.0. The highest BCUT2D eigenvalue weighted by Crippen LogP contribution is 2.40. The zero-order valence-electron chi connectivity index (χ0n) is 12.6. The van der Waals surface area contributed by atoms with Gasteiger partial charge in [-0.15, -0.1) is 0 Å². The van der Waals surface area contributed by atoms with E-state index in [4.69, 9.17) is 5.73 Å². The number of likely N-dealkylation sites (N-methyl/N-ethyl adjacent to an activating group) is 1. The Balaban J connectivity index is 1.94. The van der Waals surface area contributed by atoms with Gasteiger partial charge in [-0.05, 0) is 44.9 Å². The molecule has 0 aromatic heterocycles. The third-order valence-corrected chi connectivity index (χ3v) is 5.34. The van der Waals surface area contributed by atoms with E-state index in [0.29, 0.717) is 6.04 Å². The third-order valence-electron chi connectivity index (χ3n) is 5.34. The van der Waals surface area contributed by atoms with Crippen molar-refractivity contribution in [2.24, 2.45) is 5.73 Å². The molecule has 2 aliphatic rings. The van der Waals surface area contributed by atoms with Gasteiger partial charge in [-0.3, -0.25) is 4.90 Å². The highest BCUT2D eigenvalue weighted by molar-refractivity contribution is 5.50. The molecular weight excluding hydrogens is 246 g/mol. The average Bonchev–Trinajstić information content (AvgIpc) is 2.89. The van der Waals surface area contributed by atoms with Crippen molar-refractivity contribution in [2.75, 3.05) is 31.1 Å². The predicted octanol–water partition coefficient (Wildman–Crippen LogP) is 2.47. The number of anilines is 1. The van der Waals surface area contributed by atoms with Gasteiger partial charge in [0, 0.05) is 31.4 Å². The van der Waals surface area contributed by atoms with Gasteiger partial charge in [0.15, 0.2) is 0 Å². The number of fused-ring (bicyclic) bond motifs is 1. The number of nitrogens with two attached hydrogens (primary N) is 1. The normalized spacial score (nSPS) is 30.2. The molecule has 0 aliphatic carbocycles. The van der Waals surface area contributed by atoms with E-state index in [2.05, 4.69) is 47.1 Å². The van der Waals surface area contributed by atoms with Crippen LogP contribution >= 0.6 is 0 Å². The van der Waals surface area contributed by atoms with Crippen LogP contribution in [-0.2, 0) is 0 Å². The minimum Gasteiger partial charge on any atom is -0.363 e. The summed E-state index contributed by atoms with van der Waals surface area (Å²) in [4.78, 5) is 5.25. The third kappa shape index (κ3) is 2.13. The lowest BCUT2D eigenvalue weighted by Gasteiger charge is -2.48. The molecule has 2 fully saturated rings. The van der Waals surface area contributed by atoms with Crippen LogP contribution in [0.5, 0.6) is 0 Å². The second-order valence-corrected chi connectivity index (χ2v) is 6.19. The van der Waals surface area contributed by atoms with Crippen LogP contribution in [0.3, 0.4) is 0 Å². The van der Waals surface area contributed by atoms with E-state index in [9.17, 15) is 0 Å². The van der Waals surface area contributed by atoms with Crippen LogP contribution in [0.25, 0.3) is 0 Å². The molecule has 2 N–H and O–H groups in total. The van der Waals surface area contributed by atoms with Crippen molar-refractivity contribution in [1.29, 1.82) is 0 Å². The molecule has 0 amide bonds. The molecule has 3 heteroatoms. The number of nitrogens with zero attached hydrogens (tertiary/aromatic N) is 2. The number of hydrogen-bond donors (Lipinski definition) is 1. The molecule has 2 heterocycles. The second kappa shape index (κ2) is 5.74. The Bertz CT molecular complexity index is 433.